The van der Waals surface area contributed by atoms with Crippen molar-refractivity contribution in [1.82, 2.24) is 14.5 Å². The number of nitrogens with zero attached hydrogens (tertiary/aromatic N) is 2. The van der Waals surface area contributed by atoms with Gasteiger partial charge in [-0.25, -0.2) is 14.6 Å². The lowest BCUT2D eigenvalue weighted by atomic mass is 9.78. The second kappa shape index (κ2) is 6.69. The molecular formula is C22H19N3O5. The highest BCUT2D eigenvalue weighted by atomic mass is 16.6. The summed E-state index contributed by atoms with van der Waals surface area (Å²) >= 11 is 0. The van der Waals surface area contributed by atoms with Gasteiger partial charge in [0.15, 0.2) is 18.0 Å². The van der Waals surface area contributed by atoms with Crippen LogP contribution in [0.3, 0.4) is 0 Å². The smallest absolute Gasteiger partial charge is 0.331 e. The van der Waals surface area contributed by atoms with Crippen LogP contribution in [0, 0.1) is 12.8 Å². The minimum atomic E-state index is -0.953. The second-order valence-electron chi connectivity index (χ2n) is 7.58. The van der Waals surface area contributed by atoms with Crippen molar-refractivity contribution in [3.63, 3.8) is 0 Å². The Kier molecular flexibility index (Phi) is 4.09. The first-order valence-corrected chi connectivity index (χ1v) is 9.65. The molecule has 0 radical (unpaired) electrons. The summed E-state index contributed by atoms with van der Waals surface area (Å²) in [5.41, 5.74) is 3.41. The number of aromatic amines is 1. The number of aryl methyl sites for hydroxylation is 2. The third-order valence-corrected chi connectivity index (χ3v) is 5.90. The number of carbonyl (C=O) groups excluding carboxylic acids is 3. The first kappa shape index (κ1) is 18.4. The molecule has 0 spiro atoms. The van der Waals surface area contributed by atoms with Crippen molar-refractivity contribution in [2.24, 2.45) is 13.0 Å². The molecule has 5 rings (SSSR count). The minimum Gasteiger partial charge on any atom is -0.454 e. The number of esters is 2. The van der Waals surface area contributed by atoms with E-state index in [1.54, 1.807) is 6.33 Å². The molecule has 8 nitrogen and oxygen atoms in total. The lowest BCUT2D eigenvalue weighted by Crippen LogP contribution is -2.45. The molecule has 152 valence electrons. The molecule has 3 atom stereocenters. The number of hydrogen-bond donors (Lipinski definition) is 1. The summed E-state index contributed by atoms with van der Waals surface area (Å²) < 4.78 is 13.2. The van der Waals surface area contributed by atoms with Crippen molar-refractivity contribution >= 4 is 28.6 Å². The van der Waals surface area contributed by atoms with Gasteiger partial charge in [0, 0.05) is 42.2 Å². The van der Waals surface area contributed by atoms with E-state index in [4.69, 9.17) is 9.47 Å². The molecule has 1 aromatic carbocycles. The molecule has 3 unspecified atom stereocenters. The molecule has 0 fully saturated rings. The van der Waals surface area contributed by atoms with Gasteiger partial charge in [0.25, 0.3) is 0 Å². The number of para-hydroxylation sites is 1. The van der Waals surface area contributed by atoms with Crippen LogP contribution in [0.15, 0.2) is 42.7 Å². The van der Waals surface area contributed by atoms with Crippen molar-refractivity contribution < 1.29 is 23.9 Å². The van der Waals surface area contributed by atoms with E-state index in [0.29, 0.717) is 17.0 Å². The molecule has 3 heterocycles. The first-order valence-electron chi connectivity index (χ1n) is 9.65. The van der Waals surface area contributed by atoms with Crippen LogP contribution in [-0.2, 0) is 32.5 Å². The van der Waals surface area contributed by atoms with Gasteiger partial charge in [-0.3, -0.25) is 4.79 Å². The number of imidazole rings is 1. The summed E-state index contributed by atoms with van der Waals surface area (Å²) in [4.78, 5) is 45.6. The number of ether oxygens (including phenoxy) is 2. The largest absolute Gasteiger partial charge is 0.454 e. The average molecular weight is 405 g/mol. The molecule has 30 heavy (non-hydrogen) atoms. The van der Waals surface area contributed by atoms with Crippen LogP contribution in [0.2, 0.25) is 0 Å². The maximum absolute atomic E-state index is 13.7. The molecule has 3 aromatic rings. The minimum absolute atomic E-state index is 0.154. The Morgan fingerprint density at radius 3 is 2.57 bits per heavy atom. The zero-order valence-corrected chi connectivity index (χ0v) is 16.4. The monoisotopic (exact) mass is 405 g/mol. The molecule has 0 saturated heterocycles. The molecule has 0 amide bonds. The number of H-pyrrole nitrogens is 1. The highest BCUT2D eigenvalue weighted by molar-refractivity contribution is 6.12. The quantitative estimate of drug-likeness (QED) is 0.657. The zero-order chi connectivity index (χ0) is 21.0. The molecule has 2 aliphatic rings. The number of rotatable bonds is 2. The van der Waals surface area contributed by atoms with Gasteiger partial charge in [-0.2, -0.15) is 0 Å². The summed E-state index contributed by atoms with van der Waals surface area (Å²) in [5.74, 6) is -2.22. The average Bonchev–Trinajstić information content (AvgIpc) is 3.26. The van der Waals surface area contributed by atoms with E-state index in [0.717, 1.165) is 28.7 Å². The van der Waals surface area contributed by atoms with Crippen LogP contribution in [0.4, 0.5) is 0 Å². The SMILES string of the molecule is Cc1[nH]cnc1CC1C(=O)c2c(n(C)c3ccccc23)C2OC(=O)/C=C\C(=O)OC12. The Labute approximate surface area is 171 Å². The second-order valence-corrected chi connectivity index (χ2v) is 7.58. The molecule has 1 aliphatic heterocycles. The number of benzene rings is 1. The van der Waals surface area contributed by atoms with Gasteiger partial charge in [0.05, 0.1) is 29.2 Å². The number of Topliss-reactive ketones (excluding diaryl/α,β-unsaturated/α-hetero) is 1. The fourth-order valence-electron chi connectivity index (χ4n) is 4.46. The fraction of sp³-hybridized carbons (Fsp3) is 0.273. The van der Waals surface area contributed by atoms with E-state index in [9.17, 15) is 14.4 Å². The Balaban J connectivity index is 1.73. The maximum atomic E-state index is 13.7. The molecule has 2 aromatic heterocycles. The number of carbonyl (C=O) groups is 3. The highest BCUT2D eigenvalue weighted by Crippen LogP contribution is 2.44. The van der Waals surface area contributed by atoms with E-state index in [-0.39, 0.29) is 12.2 Å². The van der Waals surface area contributed by atoms with Crippen LogP contribution in [0.25, 0.3) is 10.9 Å². The van der Waals surface area contributed by atoms with Crippen LogP contribution >= 0.6 is 0 Å². The van der Waals surface area contributed by atoms with E-state index >= 15 is 0 Å². The van der Waals surface area contributed by atoms with Gasteiger partial charge in [0.1, 0.15) is 0 Å². The number of ketones is 1. The van der Waals surface area contributed by atoms with E-state index in [2.05, 4.69) is 9.97 Å². The van der Waals surface area contributed by atoms with Crippen molar-refractivity contribution in [3.05, 3.63) is 65.4 Å². The lowest BCUT2D eigenvalue weighted by molar-refractivity contribution is -0.169. The Morgan fingerprint density at radius 2 is 1.83 bits per heavy atom. The van der Waals surface area contributed by atoms with Crippen molar-refractivity contribution in [2.45, 2.75) is 25.6 Å². The Hall–Kier alpha value is -3.68. The van der Waals surface area contributed by atoms with Crippen LogP contribution in [0.5, 0.6) is 0 Å². The summed E-state index contributed by atoms with van der Waals surface area (Å²) in [6, 6.07) is 7.52. The van der Waals surface area contributed by atoms with Gasteiger partial charge in [0.2, 0.25) is 0 Å². The van der Waals surface area contributed by atoms with Gasteiger partial charge in [-0.05, 0) is 13.0 Å². The highest BCUT2D eigenvalue weighted by Gasteiger charge is 2.49. The van der Waals surface area contributed by atoms with E-state index < -0.39 is 30.1 Å². The molecule has 1 N–H and O–H groups in total. The Bertz CT molecular complexity index is 1230. The lowest BCUT2D eigenvalue weighted by Gasteiger charge is -2.37. The fourth-order valence-corrected chi connectivity index (χ4v) is 4.46. The number of fused-ring (bicyclic) bond motifs is 5. The third-order valence-electron chi connectivity index (χ3n) is 5.90. The topological polar surface area (TPSA) is 103 Å². The summed E-state index contributed by atoms with van der Waals surface area (Å²) in [6.07, 6.45) is 2.03. The van der Waals surface area contributed by atoms with E-state index in [1.165, 1.54) is 0 Å². The normalized spacial score (nSPS) is 24.5. The number of nitrogens with one attached hydrogen (secondary N) is 1. The standard InChI is InChI=1S/C22H19N3O5/c1-11-14(24-10-23-11)9-13-20(28)18-12-5-3-4-6-15(12)25(2)19(18)22-21(13)29-16(26)7-8-17(27)30-22/h3-8,10,13,21-22H,9H2,1-2H3,(H,23,24)/b8-7-. The number of aromatic nitrogens is 3. The van der Waals surface area contributed by atoms with Crippen molar-refractivity contribution in [1.29, 1.82) is 0 Å². The van der Waals surface area contributed by atoms with Crippen LogP contribution in [0.1, 0.15) is 33.5 Å². The Morgan fingerprint density at radius 1 is 1.10 bits per heavy atom. The summed E-state index contributed by atoms with van der Waals surface area (Å²) in [6.45, 7) is 1.86. The van der Waals surface area contributed by atoms with Gasteiger partial charge >= 0.3 is 11.9 Å². The van der Waals surface area contributed by atoms with Gasteiger partial charge < -0.3 is 19.0 Å². The molecule has 0 bridgehead atoms. The molecular weight excluding hydrogens is 386 g/mol. The van der Waals surface area contributed by atoms with E-state index in [1.807, 2.05) is 42.8 Å². The number of hydrogen-bond acceptors (Lipinski definition) is 6. The van der Waals surface area contributed by atoms with Gasteiger partial charge in [-0.15, -0.1) is 0 Å². The maximum Gasteiger partial charge on any atom is 0.331 e. The first-order chi connectivity index (χ1) is 14.5. The summed E-state index contributed by atoms with van der Waals surface area (Å²) in [7, 11) is 1.81. The molecule has 8 heteroatoms. The predicted octanol–water partition coefficient (Wildman–Crippen LogP) is 2.33. The van der Waals surface area contributed by atoms with Crippen molar-refractivity contribution in [3.8, 4) is 0 Å². The van der Waals surface area contributed by atoms with Crippen LogP contribution in [-0.4, -0.2) is 38.4 Å². The zero-order valence-electron chi connectivity index (χ0n) is 16.4. The predicted molar refractivity (Wildman–Crippen MR) is 106 cm³/mol. The van der Waals surface area contributed by atoms with Gasteiger partial charge in [-0.1, -0.05) is 18.2 Å². The third kappa shape index (κ3) is 2.67. The summed E-state index contributed by atoms with van der Waals surface area (Å²) in [5, 5.41) is 0.780. The van der Waals surface area contributed by atoms with Crippen molar-refractivity contribution in [2.75, 3.05) is 0 Å². The van der Waals surface area contributed by atoms with Crippen LogP contribution < -0.4 is 0 Å². The molecule has 0 saturated carbocycles. The molecule has 1 aliphatic carbocycles.